The van der Waals surface area contributed by atoms with Crippen molar-refractivity contribution in [3.05, 3.63) is 65.0 Å². The predicted molar refractivity (Wildman–Crippen MR) is 94.6 cm³/mol. The molecule has 0 fully saturated rings. The Balaban J connectivity index is 1.81. The molecule has 27 heavy (non-hydrogen) atoms. The maximum absolute atomic E-state index is 13.6. The highest BCUT2D eigenvalue weighted by Crippen LogP contribution is 2.19. The minimum Gasteiger partial charge on any atom is -0.347 e. The second kappa shape index (κ2) is 9.18. The van der Waals surface area contributed by atoms with Crippen LogP contribution in [-0.2, 0) is 16.1 Å². The van der Waals surface area contributed by atoms with E-state index in [2.05, 4.69) is 10.6 Å². The van der Waals surface area contributed by atoms with Gasteiger partial charge in [0.05, 0.1) is 12.7 Å². The first-order valence-corrected chi connectivity index (χ1v) is 8.33. The van der Waals surface area contributed by atoms with Gasteiger partial charge in [0.15, 0.2) is 30.5 Å². The standard InChI is InChI=1S/C19H20F3N3O2/c1-12-5-3-4-6-13(12)9-23-16(26)10-25(2)11-17(27)24-15-8-7-14(20)18(21)19(15)22/h3-8H,9-11H2,1-2H3,(H,23,26)(H,24,27)/p+1. The van der Waals surface area contributed by atoms with Crippen LogP contribution in [0.25, 0.3) is 0 Å². The number of halogens is 3. The molecular formula is C19H21F3N3O2+. The number of likely N-dealkylation sites (N-methyl/N-ethyl adjacent to an activating group) is 1. The average Bonchev–Trinajstić information content (AvgIpc) is 2.61. The minimum absolute atomic E-state index is 0.0273. The third-order valence-corrected chi connectivity index (χ3v) is 3.97. The fraction of sp³-hybridized carbons (Fsp3) is 0.263. The zero-order valence-corrected chi connectivity index (χ0v) is 15.0. The van der Waals surface area contributed by atoms with E-state index in [9.17, 15) is 22.8 Å². The van der Waals surface area contributed by atoms with Crippen LogP contribution in [0.2, 0.25) is 0 Å². The lowest BCUT2D eigenvalue weighted by Crippen LogP contribution is -3.11. The number of hydrogen-bond acceptors (Lipinski definition) is 2. The van der Waals surface area contributed by atoms with Crippen molar-refractivity contribution >= 4 is 17.5 Å². The Morgan fingerprint density at radius 2 is 1.63 bits per heavy atom. The smallest absolute Gasteiger partial charge is 0.279 e. The summed E-state index contributed by atoms with van der Waals surface area (Å²) in [7, 11) is 1.62. The van der Waals surface area contributed by atoms with Gasteiger partial charge in [-0.05, 0) is 30.2 Å². The third kappa shape index (κ3) is 5.82. The fourth-order valence-corrected chi connectivity index (χ4v) is 2.49. The Morgan fingerprint density at radius 3 is 2.33 bits per heavy atom. The van der Waals surface area contributed by atoms with E-state index < -0.39 is 29.0 Å². The van der Waals surface area contributed by atoms with E-state index >= 15 is 0 Å². The van der Waals surface area contributed by atoms with Crippen molar-refractivity contribution in [2.24, 2.45) is 0 Å². The molecule has 0 saturated heterocycles. The molecule has 8 heteroatoms. The number of hydrogen-bond donors (Lipinski definition) is 3. The Morgan fingerprint density at radius 1 is 0.963 bits per heavy atom. The normalized spacial score (nSPS) is 11.7. The van der Waals surface area contributed by atoms with Gasteiger partial charge in [0.1, 0.15) is 0 Å². The Labute approximate surface area is 155 Å². The van der Waals surface area contributed by atoms with Gasteiger partial charge in [0.25, 0.3) is 11.8 Å². The summed E-state index contributed by atoms with van der Waals surface area (Å²) in [4.78, 5) is 24.5. The van der Waals surface area contributed by atoms with Crippen LogP contribution in [0.4, 0.5) is 18.9 Å². The van der Waals surface area contributed by atoms with Crippen LogP contribution < -0.4 is 15.5 Å². The van der Waals surface area contributed by atoms with E-state index in [-0.39, 0.29) is 19.0 Å². The molecule has 0 heterocycles. The van der Waals surface area contributed by atoms with Crippen LogP contribution in [0.1, 0.15) is 11.1 Å². The van der Waals surface area contributed by atoms with Crippen molar-refractivity contribution in [2.75, 3.05) is 25.5 Å². The summed E-state index contributed by atoms with van der Waals surface area (Å²) in [5, 5.41) is 4.95. The van der Waals surface area contributed by atoms with Crippen molar-refractivity contribution in [3.63, 3.8) is 0 Å². The number of carbonyl (C=O) groups is 2. The molecule has 0 aliphatic rings. The molecule has 1 unspecified atom stereocenters. The maximum atomic E-state index is 13.6. The molecule has 0 spiro atoms. The molecule has 2 amide bonds. The van der Waals surface area contributed by atoms with Gasteiger partial charge in [-0.15, -0.1) is 0 Å². The number of benzene rings is 2. The van der Waals surface area contributed by atoms with E-state index in [4.69, 9.17) is 0 Å². The summed E-state index contributed by atoms with van der Waals surface area (Å²) >= 11 is 0. The second-order valence-corrected chi connectivity index (χ2v) is 6.28. The monoisotopic (exact) mass is 380 g/mol. The zero-order chi connectivity index (χ0) is 20.0. The molecule has 0 aliphatic heterocycles. The molecule has 144 valence electrons. The van der Waals surface area contributed by atoms with Gasteiger partial charge in [-0.3, -0.25) is 9.59 Å². The highest BCUT2D eigenvalue weighted by Gasteiger charge is 2.18. The van der Waals surface area contributed by atoms with Gasteiger partial charge in [-0.1, -0.05) is 24.3 Å². The molecule has 0 radical (unpaired) electrons. The van der Waals surface area contributed by atoms with Crippen LogP contribution in [0.3, 0.4) is 0 Å². The summed E-state index contributed by atoms with van der Waals surface area (Å²) in [6, 6.07) is 9.32. The molecule has 2 aromatic carbocycles. The molecule has 1 atom stereocenters. The fourth-order valence-electron chi connectivity index (χ4n) is 2.49. The number of anilines is 1. The van der Waals surface area contributed by atoms with Gasteiger partial charge in [0.2, 0.25) is 0 Å². The van der Waals surface area contributed by atoms with Crippen LogP contribution in [-0.4, -0.2) is 32.0 Å². The summed E-state index contributed by atoms with van der Waals surface area (Å²) in [6.45, 7) is 2.21. The molecule has 2 rings (SSSR count). The van der Waals surface area contributed by atoms with Gasteiger partial charge in [-0.2, -0.15) is 0 Å². The highest BCUT2D eigenvalue weighted by molar-refractivity contribution is 5.91. The molecule has 5 nitrogen and oxygen atoms in total. The quantitative estimate of drug-likeness (QED) is 0.632. The number of rotatable bonds is 7. The van der Waals surface area contributed by atoms with E-state index in [0.717, 1.165) is 23.3 Å². The average molecular weight is 380 g/mol. The Hall–Kier alpha value is -2.87. The first kappa shape index (κ1) is 20.4. The van der Waals surface area contributed by atoms with Crippen LogP contribution in [0.5, 0.6) is 0 Å². The lowest BCUT2D eigenvalue weighted by molar-refractivity contribution is -0.862. The SMILES string of the molecule is Cc1ccccc1CNC(=O)C[NH+](C)CC(=O)Nc1ccc(F)c(F)c1F. The lowest BCUT2D eigenvalue weighted by atomic mass is 10.1. The van der Waals surface area contributed by atoms with Gasteiger partial charge in [0, 0.05) is 6.54 Å². The molecular weight excluding hydrogens is 359 g/mol. The third-order valence-electron chi connectivity index (χ3n) is 3.97. The van der Waals surface area contributed by atoms with Crippen molar-refractivity contribution in [1.29, 1.82) is 0 Å². The van der Waals surface area contributed by atoms with Gasteiger partial charge < -0.3 is 15.5 Å². The summed E-state index contributed by atoms with van der Waals surface area (Å²) < 4.78 is 39.6. The molecule has 3 N–H and O–H groups in total. The first-order valence-electron chi connectivity index (χ1n) is 8.33. The number of quaternary nitrogens is 1. The van der Waals surface area contributed by atoms with Crippen molar-refractivity contribution in [2.45, 2.75) is 13.5 Å². The molecule has 2 aromatic rings. The number of aryl methyl sites for hydroxylation is 1. The summed E-state index contributed by atoms with van der Waals surface area (Å²) in [5.74, 6) is -5.31. The van der Waals surface area contributed by atoms with Gasteiger partial charge in [-0.25, -0.2) is 13.2 Å². The molecule has 0 saturated carbocycles. The number of nitrogens with one attached hydrogen (secondary N) is 3. The largest absolute Gasteiger partial charge is 0.347 e. The summed E-state index contributed by atoms with van der Waals surface area (Å²) in [5.41, 5.74) is 1.61. The van der Waals surface area contributed by atoms with Crippen molar-refractivity contribution in [3.8, 4) is 0 Å². The zero-order valence-electron chi connectivity index (χ0n) is 15.0. The van der Waals surface area contributed by atoms with E-state index in [1.54, 1.807) is 7.05 Å². The topological polar surface area (TPSA) is 62.6 Å². The minimum atomic E-state index is -1.65. The Kier molecular flexibility index (Phi) is 6.95. The highest BCUT2D eigenvalue weighted by atomic mass is 19.2. The first-order chi connectivity index (χ1) is 12.8. The van der Waals surface area contributed by atoms with Crippen LogP contribution >= 0.6 is 0 Å². The number of amides is 2. The molecule has 0 aliphatic carbocycles. The van der Waals surface area contributed by atoms with Crippen molar-refractivity contribution in [1.82, 2.24) is 5.32 Å². The number of carbonyl (C=O) groups excluding carboxylic acids is 2. The van der Waals surface area contributed by atoms with E-state index in [1.807, 2.05) is 31.2 Å². The van der Waals surface area contributed by atoms with E-state index in [0.29, 0.717) is 11.4 Å². The van der Waals surface area contributed by atoms with Crippen LogP contribution in [0, 0.1) is 24.4 Å². The predicted octanol–water partition coefficient (Wildman–Crippen LogP) is 1.18. The lowest BCUT2D eigenvalue weighted by Gasteiger charge is -2.14. The maximum Gasteiger partial charge on any atom is 0.279 e. The molecule has 0 aromatic heterocycles. The molecule has 0 bridgehead atoms. The van der Waals surface area contributed by atoms with Crippen molar-refractivity contribution < 1.29 is 27.7 Å². The van der Waals surface area contributed by atoms with Crippen LogP contribution in [0.15, 0.2) is 36.4 Å². The van der Waals surface area contributed by atoms with Gasteiger partial charge >= 0.3 is 0 Å². The van der Waals surface area contributed by atoms with E-state index in [1.165, 1.54) is 0 Å². The second-order valence-electron chi connectivity index (χ2n) is 6.28. The summed E-state index contributed by atoms with van der Waals surface area (Å²) in [6.07, 6.45) is 0. The Bertz CT molecular complexity index is 843.